The summed E-state index contributed by atoms with van der Waals surface area (Å²) >= 11 is 5.52. The second kappa shape index (κ2) is 7.97. The van der Waals surface area contributed by atoms with E-state index >= 15 is 0 Å². The number of hydrogen-bond acceptors (Lipinski definition) is 3. The zero-order chi connectivity index (χ0) is 17.8. The molecule has 3 rings (SSSR count). The predicted molar refractivity (Wildman–Crippen MR) is 105 cm³/mol. The van der Waals surface area contributed by atoms with Gasteiger partial charge in [-0.2, -0.15) is 0 Å². The zero-order valence-corrected chi connectivity index (χ0v) is 15.6. The number of aromatic amines is 1. The van der Waals surface area contributed by atoms with Crippen LogP contribution in [0.1, 0.15) is 30.9 Å². The lowest BCUT2D eigenvalue weighted by molar-refractivity contribution is 0.0897. The largest absolute Gasteiger partial charge is 0.376 e. The summed E-state index contributed by atoms with van der Waals surface area (Å²) in [6.07, 6.45) is 2.30. The van der Waals surface area contributed by atoms with Crippen LogP contribution < -0.4 is 10.9 Å². The number of fused-ring (bicyclic) bond motifs is 1. The maximum Gasteiger partial charge on any atom is 0.253 e. The van der Waals surface area contributed by atoms with Gasteiger partial charge >= 0.3 is 0 Å². The molecule has 1 atom stereocenters. The minimum absolute atomic E-state index is 0.0570. The molecule has 0 amide bonds. The molecular weight excluding hydrogens is 334 g/mol. The lowest BCUT2D eigenvalue weighted by Crippen LogP contribution is -2.43. The van der Waals surface area contributed by atoms with E-state index in [4.69, 9.17) is 17.0 Å². The summed E-state index contributed by atoms with van der Waals surface area (Å²) in [6, 6.07) is 8.00. The second-order valence-corrected chi connectivity index (χ2v) is 6.90. The van der Waals surface area contributed by atoms with Crippen molar-refractivity contribution in [1.29, 1.82) is 0 Å². The van der Waals surface area contributed by atoms with Gasteiger partial charge in [0.15, 0.2) is 5.11 Å². The maximum absolute atomic E-state index is 12.6. The topological polar surface area (TPSA) is 57.4 Å². The fourth-order valence-electron chi connectivity index (χ4n) is 3.27. The van der Waals surface area contributed by atoms with Crippen LogP contribution in [0.4, 0.5) is 0 Å². The molecule has 134 valence electrons. The number of pyridine rings is 1. The molecule has 1 aromatic carbocycles. The zero-order valence-electron chi connectivity index (χ0n) is 14.8. The first-order chi connectivity index (χ1) is 12.1. The van der Waals surface area contributed by atoms with Crippen LogP contribution >= 0.6 is 12.2 Å². The van der Waals surface area contributed by atoms with Gasteiger partial charge in [0.2, 0.25) is 0 Å². The van der Waals surface area contributed by atoms with Crippen LogP contribution in [0.3, 0.4) is 0 Å². The molecule has 0 unspecified atom stereocenters. The Balaban J connectivity index is 1.87. The highest BCUT2D eigenvalue weighted by Crippen LogP contribution is 2.18. The molecule has 6 heteroatoms. The molecule has 0 radical (unpaired) electrons. The van der Waals surface area contributed by atoms with E-state index in [1.54, 1.807) is 0 Å². The van der Waals surface area contributed by atoms with Crippen LogP contribution in [0, 0.1) is 6.92 Å². The summed E-state index contributed by atoms with van der Waals surface area (Å²) in [5, 5.41) is 4.91. The summed E-state index contributed by atoms with van der Waals surface area (Å²) < 4.78 is 5.75. The first-order valence-corrected chi connectivity index (χ1v) is 9.25. The highest BCUT2D eigenvalue weighted by atomic mass is 32.1. The number of H-pyrrole nitrogens is 1. The van der Waals surface area contributed by atoms with Gasteiger partial charge in [-0.3, -0.25) is 4.79 Å². The molecule has 1 aliphatic rings. The van der Waals surface area contributed by atoms with Gasteiger partial charge < -0.3 is 19.9 Å². The number of aromatic nitrogens is 1. The SMILES string of the molecule is CCNC(=S)N(Cc1cc2cccc(C)c2[nH]c1=O)C[C@H]1CCCO1. The molecule has 2 aromatic rings. The summed E-state index contributed by atoms with van der Waals surface area (Å²) in [6.45, 7) is 6.77. The number of para-hydroxylation sites is 1. The Hall–Kier alpha value is -1.92. The fourth-order valence-corrected chi connectivity index (χ4v) is 3.55. The maximum atomic E-state index is 12.6. The van der Waals surface area contributed by atoms with Gasteiger partial charge in [-0.1, -0.05) is 18.2 Å². The molecule has 0 spiro atoms. The highest BCUT2D eigenvalue weighted by Gasteiger charge is 2.21. The lowest BCUT2D eigenvalue weighted by atomic mass is 10.1. The smallest absolute Gasteiger partial charge is 0.253 e. The van der Waals surface area contributed by atoms with Crippen LogP contribution in [-0.4, -0.2) is 40.8 Å². The Kier molecular flexibility index (Phi) is 5.71. The van der Waals surface area contributed by atoms with E-state index in [9.17, 15) is 4.79 Å². The molecule has 2 heterocycles. The molecule has 0 aliphatic carbocycles. The number of nitrogens with zero attached hydrogens (tertiary/aromatic N) is 1. The number of hydrogen-bond donors (Lipinski definition) is 2. The van der Waals surface area contributed by atoms with Gasteiger partial charge in [-0.25, -0.2) is 0 Å². The van der Waals surface area contributed by atoms with E-state index < -0.39 is 0 Å². The van der Waals surface area contributed by atoms with Crippen molar-refractivity contribution in [2.24, 2.45) is 0 Å². The van der Waals surface area contributed by atoms with Crippen LogP contribution in [-0.2, 0) is 11.3 Å². The van der Waals surface area contributed by atoms with Gasteiger partial charge in [-0.05, 0) is 55.9 Å². The second-order valence-electron chi connectivity index (χ2n) is 6.51. The average Bonchev–Trinajstić information content (AvgIpc) is 3.09. The first kappa shape index (κ1) is 17.9. The molecule has 25 heavy (non-hydrogen) atoms. The highest BCUT2D eigenvalue weighted by molar-refractivity contribution is 7.80. The molecular formula is C19H25N3O2S. The van der Waals surface area contributed by atoms with E-state index in [-0.39, 0.29) is 11.7 Å². The van der Waals surface area contributed by atoms with Crippen LogP contribution in [0.15, 0.2) is 29.1 Å². The van der Waals surface area contributed by atoms with E-state index in [2.05, 4.69) is 10.3 Å². The summed E-state index contributed by atoms with van der Waals surface area (Å²) in [4.78, 5) is 17.6. The number of nitrogens with one attached hydrogen (secondary N) is 2. The number of aryl methyl sites for hydroxylation is 1. The van der Waals surface area contributed by atoms with Crippen molar-refractivity contribution in [2.45, 2.75) is 39.3 Å². The number of rotatable bonds is 5. The Morgan fingerprint density at radius 3 is 3.04 bits per heavy atom. The standard InChI is InChI=1S/C19H25N3O2S/c1-3-20-19(25)22(12-16-8-5-9-24-16)11-15-10-14-7-4-6-13(2)17(14)21-18(15)23/h4,6-7,10,16H,3,5,8-9,11-12H2,1-2H3,(H,20,25)(H,21,23)/t16-/m1/s1. The first-order valence-electron chi connectivity index (χ1n) is 8.84. The molecule has 0 saturated carbocycles. The predicted octanol–water partition coefficient (Wildman–Crippen LogP) is 2.71. The van der Waals surface area contributed by atoms with Crippen molar-refractivity contribution in [3.8, 4) is 0 Å². The number of thiocarbonyl (C=S) groups is 1. The molecule has 1 aromatic heterocycles. The lowest BCUT2D eigenvalue weighted by Gasteiger charge is -2.28. The van der Waals surface area contributed by atoms with Crippen molar-refractivity contribution in [3.05, 3.63) is 45.7 Å². The summed E-state index contributed by atoms with van der Waals surface area (Å²) in [7, 11) is 0. The van der Waals surface area contributed by atoms with E-state index in [1.807, 2.05) is 43.0 Å². The van der Waals surface area contributed by atoms with Gasteiger partial charge in [0.05, 0.1) is 18.2 Å². The molecule has 2 N–H and O–H groups in total. The molecule has 1 saturated heterocycles. The Morgan fingerprint density at radius 1 is 1.48 bits per heavy atom. The van der Waals surface area contributed by atoms with Crippen molar-refractivity contribution >= 4 is 28.2 Å². The number of benzene rings is 1. The molecule has 5 nitrogen and oxygen atoms in total. The third-order valence-corrected chi connectivity index (χ3v) is 4.99. The van der Waals surface area contributed by atoms with Crippen molar-refractivity contribution in [3.63, 3.8) is 0 Å². The molecule has 1 fully saturated rings. The third kappa shape index (κ3) is 4.19. The van der Waals surface area contributed by atoms with E-state index in [0.717, 1.165) is 48.0 Å². The van der Waals surface area contributed by atoms with Crippen LogP contribution in [0.2, 0.25) is 0 Å². The van der Waals surface area contributed by atoms with Gasteiger partial charge in [0, 0.05) is 25.3 Å². The Morgan fingerprint density at radius 2 is 2.32 bits per heavy atom. The quantitative estimate of drug-likeness (QED) is 0.804. The van der Waals surface area contributed by atoms with Gasteiger partial charge in [0.1, 0.15) is 0 Å². The van der Waals surface area contributed by atoms with Gasteiger partial charge in [0.25, 0.3) is 5.56 Å². The summed E-state index contributed by atoms with van der Waals surface area (Å²) in [5.74, 6) is 0. The average molecular weight is 359 g/mol. The van der Waals surface area contributed by atoms with Crippen LogP contribution in [0.5, 0.6) is 0 Å². The van der Waals surface area contributed by atoms with Crippen molar-refractivity contribution in [1.82, 2.24) is 15.2 Å². The number of ether oxygens (including phenoxy) is 1. The van der Waals surface area contributed by atoms with E-state index in [0.29, 0.717) is 18.2 Å². The summed E-state index contributed by atoms with van der Waals surface area (Å²) in [5.41, 5.74) is 2.63. The minimum atomic E-state index is -0.0570. The Bertz CT molecular complexity index is 812. The van der Waals surface area contributed by atoms with Crippen molar-refractivity contribution in [2.75, 3.05) is 19.7 Å². The fraction of sp³-hybridized carbons (Fsp3) is 0.474. The monoisotopic (exact) mass is 359 g/mol. The van der Waals surface area contributed by atoms with Gasteiger partial charge in [-0.15, -0.1) is 0 Å². The molecule has 0 bridgehead atoms. The normalized spacial score (nSPS) is 17.0. The Labute approximate surface area is 153 Å². The van der Waals surface area contributed by atoms with E-state index in [1.165, 1.54) is 0 Å². The van der Waals surface area contributed by atoms with Crippen LogP contribution in [0.25, 0.3) is 10.9 Å². The third-order valence-electron chi connectivity index (χ3n) is 4.59. The minimum Gasteiger partial charge on any atom is -0.376 e. The molecule has 1 aliphatic heterocycles. The van der Waals surface area contributed by atoms with Crippen molar-refractivity contribution < 1.29 is 4.74 Å².